The third-order valence-corrected chi connectivity index (χ3v) is 5.19. The molecule has 0 aliphatic rings. The van der Waals surface area contributed by atoms with Gasteiger partial charge in [0, 0.05) is 28.7 Å². The predicted octanol–water partition coefficient (Wildman–Crippen LogP) is 4.73. The number of rotatable bonds is 5. The Morgan fingerprint density at radius 2 is 1.94 bits per heavy atom. The van der Waals surface area contributed by atoms with Crippen molar-refractivity contribution < 1.29 is 19.1 Å². The minimum atomic E-state index is -0.677. The highest BCUT2D eigenvalue weighted by Crippen LogP contribution is 2.26. The van der Waals surface area contributed by atoms with Crippen LogP contribution in [0.4, 0.5) is 10.5 Å². The molecule has 0 aliphatic carbocycles. The number of hydrogen-bond acceptors (Lipinski definition) is 7. The van der Waals surface area contributed by atoms with Crippen LogP contribution in [0, 0.1) is 23.3 Å². The molecule has 9 heteroatoms. The summed E-state index contributed by atoms with van der Waals surface area (Å²) >= 11 is 1.45. The fourth-order valence-electron chi connectivity index (χ4n) is 2.89. The van der Waals surface area contributed by atoms with Gasteiger partial charge in [0.15, 0.2) is 5.78 Å². The lowest BCUT2D eigenvalue weighted by atomic mass is 10.1. The number of hydrogen-bond donors (Lipinski definition) is 2. The molecule has 176 valence electrons. The second kappa shape index (κ2) is 11.1. The van der Waals surface area contributed by atoms with Gasteiger partial charge >= 0.3 is 6.09 Å². The Kier molecular flexibility index (Phi) is 7.98. The number of Topliss-reactive ketones (excluding diaryl/α,β-unsaturated/α-hetero) is 1. The van der Waals surface area contributed by atoms with Crippen molar-refractivity contribution in [3.05, 3.63) is 70.7 Å². The van der Waals surface area contributed by atoms with Gasteiger partial charge < -0.3 is 4.74 Å². The van der Waals surface area contributed by atoms with Crippen LogP contribution in [0.5, 0.6) is 0 Å². The van der Waals surface area contributed by atoms with Crippen molar-refractivity contribution in [1.29, 1.82) is 5.26 Å². The van der Waals surface area contributed by atoms with E-state index in [1.165, 1.54) is 17.4 Å². The van der Waals surface area contributed by atoms with E-state index in [2.05, 4.69) is 27.6 Å². The van der Waals surface area contributed by atoms with Gasteiger partial charge in [-0.1, -0.05) is 12.1 Å². The van der Waals surface area contributed by atoms with Gasteiger partial charge in [-0.15, -0.1) is 11.3 Å². The number of carbonyl (C=O) groups excluding carboxylic acids is 3. The number of nitriles is 1. The van der Waals surface area contributed by atoms with E-state index in [1.807, 2.05) is 11.4 Å². The smallest absolute Gasteiger partial charge is 0.412 e. The van der Waals surface area contributed by atoms with Gasteiger partial charge in [0.2, 0.25) is 5.91 Å². The monoisotopic (exact) mass is 486 g/mol. The number of ether oxygens (including phenoxy) is 1. The van der Waals surface area contributed by atoms with Gasteiger partial charge in [0.1, 0.15) is 10.6 Å². The molecule has 0 fully saturated rings. The van der Waals surface area contributed by atoms with E-state index in [4.69, 9.17) is 10.00 Å². The third kappa shape index (κ3) is 7.53. The van der Waals surface area contributed by atoms with Crippen LogP contribution >= 0.6 is 11.3 Å². The topological polar surface area (TPSA) is 121 Å². The van der Waals surface area contributed by atoms with Crippen molar-refractivity contribution in [2.75, 3.05) is 5.32 Å². The third-order valence-electron chi connectivity index (χ3n) is 4.37. The molecule has 1 heterocycles. The maximum atomic E-state index is 12.3. The second-order valence-electron chi connectivity index (χ2n) is 8.32. The fourth-order valence-corrected chi connectivity index (χ4v) is 3.53. The molecule has 2 N–H and O–H groups in total. The van der Waals surface area contributed by atoms with E-state index in [0.29, 0.717) is 16.8 Å². The summed E-state index contributed by atoms with van der Waals surface area (Å²) < 4.78 is 5.31. The molecule has 0 spiro atoms. The van der Waals surface area contributed by atoms with Gasteiger partial charge in [0.05, 0.1) is 29.3 Å². The largest absolute Gasteiger partial charge is 0.444 e. The number of benzene rings is 2. The number of thiazole rings is 1. The van der Waals surface area contributed by atoms with Crippen molar-refractivity contribution in [3.8, 4) is 28.6 Å². The number of nitrogens with zero attached hydrogens (tertiary/aromatic N) is 2. The van der Waals surface area contributed by atoms with Crippen LogP contribution in [-0.2, 0) is 9.53 Å². The number of anilines is 1. The molecule has 2 amide bonds. The molecule has 35 heavy (non-hydrogen) atoms. The summed E-state index contributed by atoms with van der Waals surface area (Å²) in [6.07, 6.45) is 0.616. The summed E-state index contributed by atoms with van der Waals surface area (Å²) in [5.74, 6) is 1.79. The Hall–Kier alpha value is -4.47. The Morgan fingerprint density at radius 3 is 2.63 bits per heavy atom. The highest BCUT2D eigenvalue weighted by molar-refractivity contribution is 7.13. The Bertz CT molecular complexity index is 1360. The highest BCUT2D eigenvalue weighted by Gasteiger charge is 2.17. The maximum Gasteiger partial charge on any atom is 0.412 e. The number of amides is 2. The summed E-state index contributed by atoms with van der Waals surface area (Å²) in [5, 5.41) is 16.6. The molecule has 0 saturated carbocycles. The molecule has 0 atom stereocenters. The first-order valence-corrected chi connectivity index (χ1v) is 11.4. The summed E-state index contributed by atoms with van der Waals surface area (Å²) in [6.45, 7) is 5.27. The van der Waals surface area contributed by atoms with Crippen LogP contribution in [0.2, 0.25) is 0 Å². The quantitative estimate of drug-likeness (QED) is 0.233. The molecule has 0 unspecified atom stereocenters. The van der Waals surface area contributed by atoms with E-state index in [1.54, 1.807) is 63.4 Å². The molecule has 0 bridgehead atoms. The molecule has 0 radical (unpaired) electrons. The molecule has 3 aromatic rings. The van der Waals surface area contributed by atoms with Gasteiger partial charge in [-0.3, -0.25) is 20.2 Å². The van der Waals surface area contributed by atoms with Gasteiger partial charge in [-0.25, -0.2) is 9.78 Å². The van der Waals surface area contributed by atoms with E-state index in [0.717, 1.165) is 10.6 Å². The normalized spacial score (nSPS) is 10.3. The number of ketones is 1. The van der Waals surface area contributed by atoms with E-state index in [-0.39, 0.29) is 5.56 Å². The summed E-state index contributed by atoms with van der Waals surface area (Å²) in [5.41, 5.74) is 1.54. The average molecular weight is 487 g/mol. The first-order chi connectivity index (χ1) is 16.6. The first-order valence-electron chi connectivity index (χ1n) is 10.5. The van der Waals surface area contributed by atoms with Crippen LogP contribution in [0.3, 0.4) is 0 Å². The zero-order chi connectivity index (χ0) is 25.4. The molecule has 8 nitrogen and oxygen atoms in total. The van der Waals surface area contributed by atoms with E-state index in [9.17, 15) is 14.4 Å². The predicted molar refractivity (Wildman–Crippen MR) is 133 cm³/mol. The molecule has 2 aromatic carbocycles. The zero-order valence-corrected chi connectivity index (χ0v) is 20.2. The van der Waals surface area contributed by atoms with Crippen LogP contribution < -0.4 is 10.6 Å². The van der Waals surface area contributed by atoms with Crippen molar-refractivity contribution in [2.45, 2.75) is 32.8 Å². The Labute approximate surface area is 207 Å². The molecule has 1 aromatic heterocycles. The fraction of sp³-hybridized carbons (Fsp3) is 0.192. The van der Waals surface area contributed by atoms with Gasteiger partial charge in [0.25, 0.3) is 0 Å². The van der Waals surface area contributed by atoms with Crippen molar-refractivity contribution in [2.24, 2.45) is 0 Å². The average Bonchev–Trinajstić information content (AvgIpc) is 3.34. The Balaban J connectivity index is 1.76. The Morgan fingerprint density at radius 1 is 1.14 bits per heavy atom. The molecular formula is C26H22N4O4S. The minimum absolute atomic E-state index is 0.271. The number of carbonyl (C=O) groups is 3. The van der Waals surface area contributed by atoms with Gasteiger partial charge in [-0.05, 0) is 57.0 Å². The lowest BCUT2D eigenvalue weighted by Gasteiger charge is -2.20. The molecule has 0 aliphatic heterocycles. The van der Waals surface area contributed by atoms with Crippen LogP contribution in [0.15, 0.2) is 54.0 Å². The number of aromatic nitrogens is 1. The molecular weight excluding hydrogens is 464 g/mol. The highest BCUT2D eigenvalue weighted by atomic mass is 32.1. The van der Waals surface area contributed by atoms with E-state index < -0.39 is 29.8 Å². The summed E-state index contributed by atoms with van der Waals surface area (Å²) in [7, 11) is 0. The SMILES string of the molecule is CC(C)(C)OC(=O)Nc1ccc(-c2nccs2)cc1C#CNC(=O)CC(=O)c1cccc(C#N)c1. The maximum absolute atomic E-state index is 12.3. The van der Waals surface area contributed by atoms with Crippen molar-refractivity contribution in [1.82, 2.24) is 10.3 Å². The summed E-state index contributed by atoms with van der Waals surface area (Å²) in [4.78, 5) is 41.1. The summed E-state index contributed by atoms with van der Waals surface area (Å²) in [6, 6.07) is 15.9. The molecule has 3 rings (SSSR count). The number of nitrogens with one attached hydrogen (secondary N) is 2. The molecule has 0 saturated heterocycles. The second-order valence-corrected chi connectivity index (χ2v) is 9.21. The lowest BCUT2D eigenvalue weighted by Crippen LogP contribution is -2.27. The first kappa shape index (κ1) is 25.2. The van der Waals surface area contributed by atoms with Crippen LogP contribution in [0.1, 0.15) is 48.7 Å². The van der Waals surface area contributed by atoms with Gasteiger partial charge in [-0.2, -0.15) is 5.26 Å². The van der Waals surface area contributed by atoms with Crippen LogP contribution in [-0.4, -0.2) is 28.4 Å². The minimum Gasteiger partial charge on any atom is -0.444 e. The zero-order valence-electron chi connectivity index (χ0n) is 19.3. The van der Waals surface area contributed by atoms with E-state index >= 15 is 0 Å². The van der Waals surface area contributed by atoms with Crippen LogP contribution in [0.25, 0.3) is 10.6 Å². The van der Waals surface area contributed by atoms with Crippen molar-refractivity contribution in [3.63, 3.8) is 0 Å². The standard InChI is InChI=1S/C26H22N4O4S/c1-26(2,3)34-25(33)30-21-8-7-20(24-29-11-12-35-24)14-18(21)9-10-28-23(32)15-22(31)19-6-4-5-17(13-19)16-27/h4-8,11-14H,15H2,1-3H3,(H,28,32)(H,30,33). The lowest BCUT2D eigenvalue weighted by molar-refractivity contribution is -0.119. The van der Waals surface area contributed by atoms with Crippen molar-refractivity contribution >= 4 is 34.8 Å².